The van der Waals surface area contributed by atoms with Crippen LogP contribution in [0.5, 0.6) is 0 Å². The van der Waals surface area contributed by atoms with E-state index in [1.165, 1.54) is 248 Å². The number of rotatable bonds is 0. The summed E-state index contributed by atoms with van der Waals surface area (Å²) in [5.74, 6) is 0. The van der Waals surface area contributed by atoms with Crippen LogP contribution >= 0.6 is 0 Å². The van der Waals surface area contributed by atoms with Gasteiger partial charge in [0, 0.05) is 74.6 Å². The van der Waals surface area contributed by atoms with E-state index in [0.717, 1.165) is 27.6 Å². The van der Waals surface area contributed by atoms with Crippen molar-refractivity contribution in [1.82, 2.24) is 47.3 Å². The van der Waals surface area contributed by atoms with Gasteiger partial charge in [-0.05, 0) is 292 Å². The lowest BCUT2D eigenvalue weighted by molar-refractivity contribution is -0.617. The fraction of sp³-hybridized carbons (Fsp3) is 0.182. The van der Waals surface area contributed by atoms with Crippen LogP contribution in [0, 0.1) is 104 Å². The molecule has 0 amide bonds. The summed E-state index contributed by atoms with van der Waals surface area (Å²) in [6, 6.07) is 76.6. The highest BCUT2D eigenvalue weighted by molar-refractivity contribution is 6.16. The van der Waals surface area contributed by atoms with Gasteiger partial charge >= 0.3 is 0 Å². The molecule has 25 aromatic rings. The van der Waals surface area contributed by atoms with Crippen LogP contribution < -0.4 is 22.5 Å². The third kappa shape index (κ3) is 11.6. The third-order valence-electron chi connectivity index (χ3n) is 26.7. The van der Waals surface area contributed by atoms with Crippen LogP contribution in [0.15, 0.2) is 243 Å². The smallest absolute Gasteiger partial charge is 0.255 e. The van der Waals surface area contributed by atoms with Crippen molar-refractivity contribution in [1.29, 1.82) is 0 Å². The van der Waals surface area contributed by atoms with Crippen molar-refractivity contribution in [2.75, 3.05) is 0 Å². The summed E-state index contributed by atoms with van der Waals surface area (Å²) in [4.78, 5) is 23.8. The first-order valence-corrected chi connectivity index (χ1v) is 43.2. The van der Waals surface area contributed by atoms with Gasteiger partial charge in [-0.3, -0.25) is 24.9 Å². The summed E-state index contributed by atoms with van der Waals surface area (Å²) in [7, 11) is 10.8. The van der Waals surface area contributed by atoms with Crippen molar-refractivity contribution >= 4 is 192 Å². The molecule has 0 bridgehead atoms. The molecule has 0 saturated heterocycles. The molecule has 0 aliphatic heterocycles. The van der Waals surface area contributed by atoms with Gasteiger partial charge in [0.1, 0.15) is 27.6 Å². The lowest BCUT2D eigenvalue weighted by atomic mass is 10.0. The van der Waals surface area contributed by atoms with Gasteiger partial charge in [0.15, 0.2) is 55.2 Å². The van der Waals surface area contributed by atoms with Gasteiger partial charge in [-0.1, -0.05) is 90.5 Å². The molecular weight excluding hydrogens is 1530 g/mol. The highest BCUT2D eigenvalue weighted by Gasteiger charge is 2.33. The molecule has 25 rings (SSSR count). The Morgan fingerprint density at radius 2 is 0.592 bits per heavy atom. The molecule has 0 fully saturated rings. The summed E-state index contributed by atoms with van der Waals surface area (Å²) in [6.45, 7) is 32.6. The molecule has 10 aromatic carbocycles. The molecule has 0 radical (unpaired) electrons. The lowest BCUT2D eigenvalue weighted by Crippen LogP contribution is -2.27. The predicted molar refractivity (Wildman–Crippen MR) is 515 cm³/mol. The monoisotopic (exact) mass is 1630 g/mol. The van der Waals surface area contributed by atoms with E-state index in [0.29, 0.717) is 0 Å². The molecule has 0 spiro atoms. The van der Waals surface area contributed by atoms with Crippen LogP contribution in [0.2, 0.25) is 0 Å². The number of nitrogens with zero attached hydrogens (tertiary/aromatic N) is 15. The van der Waals surface area contributed by atoms with Gasteiger partial charge in [-0.25, -0.2) is 22.8 Å². The normalized spacial score (nSPS) is 12.0. The zero-order valence-corrected chi connectivity index (χ0v) is 74.8. The van der Waals surface area contributed by atoms with E-state index in [9.17, 15) is 0 Å². The second-order valence-electron chi connectivity index (χ2n) is 35.2. The van der Waals surface area contributed by atoms with Crippen LogP contribution in [-0.2, 0) is 35.2 Å². The summed E-state index contributed by atoms with van der Waals surface area (Å²) in [6.07, 6.45) is 9.59. The number of hydrogen-bond donors (Lipinski definition) is 0. The molecule has 15 aromatic heterocycles. The molecule has 0 aliphatic carbocycles. The Morgan fingerprint density at radius 3 is 1.14 bits per heavy atom. The van der Waals surface area contributed by atoms with E-state index in [-0.39, 0.29) is 0 Å². The fourth-order valence-corrected chi connectivity index (χ4v) is 20.8. The Bertz CT molecular complexity index is 9010. The average molecular weight is 1630 g/mol. The first-order chi connectivity index (χ1) is 60.4. The van der Waals surface area contributed by atoms with Crippen LogP contribution in [0.25, 0.3) is 192 Å². The number of aryl methyl sites for hydroxylation is 20. The Hall–Kier alpha value is -14.7. The molecule has 0 atom stereocenters. The van der Waals surface area contributed by atoms with Gasteiger partial charge in [-0.2, -0.15) is 22.0 Å². The average Bonchev–Trinajstić information content (AvgIpc) is 1.59. The largest absolute Gasteiger partial charge is 0.297 e. The lowest BCUT2D eigenvalue weighted by Gasteiger charge is -2.07. The van der Waals surface area contributed by atoms with Gasteiger partial charge in [0.05, 0.1) is 89.8 Å². The number of pyridine rings is 10. The number of imidazole rings is 5. The molecule has 0 N–H and O–H groups in total. The summed E-state index contributed by atoms with van der Waals surface area (Å²) in [5, 5.41) is 12.2. The Labute approximate surface area is 723 Å². The maximum Gasteiger partial charge on any atom is 0.297 e. The number of para-hydroxylation sites is 4. The maximum absolute atomic E-state index is 4.77. The highest BCUT2D eigenvalue weighted by atomic mass is 15.2. The molecule has 15 heterocycles. The molecule has 0 saturated carbocycles. The Kier molecular flexibility index (Phi) is 18.0. The van der Waals surface area contributed by atoms with Gasteiger partial charge in [0.2, 0.25) is 0 Å². The second kappa shape index (κ2) is 29.0. The minimum Gasteiger partial charge on any atom is -0.255 e. The number of fused-ring (bicyclic) bond motifs is 40. The molecule has 15 heteroatoms. The summed E-state index contributed by atoms with van der Waals surface area (Å²) < 4.78 is 23.6. The van der Waals surface area contributed by atoms with Crippen LogP contribution in [0.1, 0.15) is 83.5 Å². The standard InChI is InChI=1S/5C22H20N3/c1-13-5-7-16-18(11-13)25-19-12-14(2)6-8-17(19)24(4)22(25)20-15(3)9-10-23-21(16)20;1-13-8-9-17-16(12-13)20-19(14(2)10-11-23-20)22-24(4)18-7-5-6-15(3)21(18)25(17)22;1-13-8-9-16-18(12-13)25-21-15(3)6-5-7-17(21)24(4)22(25)19-14(2)10-11-23-20(16)19;1-13-8-9-17-18(12-13)24(4)22-19-14(2)10-11-23-20(19)16-7-5-6-15(3)21(16)25(17)22;1-13-11-15(3)21-18(12-13)24(4)22-19-14(2)9-10-23-20(19)16-7-5-6-8-17(16)25(21)22/h5*5-12H,1-4H3/q5*+1. The Balaban J connectivity index is 0.0000000956. The number of aromatic nitrogens is 15. The van der Waals surface area contributed by atoms with E-state index in [1.807, 2.05) is 31.0 Å². The van der Waals surface area contributed by atoms with Crippen molar-refractivity contribution in [3.63, 3.8) is 0 Å². The van der Waals surface area contributed by atoms with E-state index in [4.69, 9.17) is 24.9 Å². The van der Waals surface area contributed by atoms with Crippen molar-refractivity contribution in [2.24, 2.45) is 35.2 Å². The van der Waals surface area contributed by atoms with Crippen molar-refractivity contribution in [2.45, 2.75) is 104 Å². The number of hydrogen-bond acceptors (Lipinski definition) is 5. The third-order valence-corrected chi connectivity index (χ3v) is 26.7. The Morgan fingerprint density at radius 1 is 0.224 bits per heavy atom. The zero-order chi connectivity index (χ0) is 86.5. The topological polar surface area (TPSA) is 107 Å². The molecule has 15 nitrogen and oxygen atoms in total. The van der Waals surface area contributed by atoms with Gasteiger partial charge in [-0.15, -0.1) is 0 Å². The van der Waals surface area contributed by atoms with Crippen LogP contribution in [0.3, 0.4) is 0 Å². The van der Waals surface area contributed by atoms with Crippen LogP contribution in [-0.4, -0.2) is 47.3 Å². The van der Waals surface area contributed by atoms with E-state index in [1.54, 1.807) is 0 Å². The SMILES string of the molecule is Cc1cc(C)c2c(c1)n(C)c1c3c(C)ccnc3c3ccccc3[n+]21.Cc1ccc2c(c1)c1nccc(C)c1c1n2c2c(C)cccc2[n+]1C.Cc1ccc2c(c1)n(C)c1c3c(C)ccnc3c3cccc(C)c3[n+]21.Cc1ccc2c3nccc(C)c3c3n(c2c1)c1c(C)cccc1[n+]3C.Cc1ccc2c3nccc(C)c3c3n(c2c1)c1cc(C)ccc1[n+]3C. The second-order valence-corrected chi connectivity index (χ2v) is 35.2. The van der Waals surface area contributed by atoms with Crippen molar-refractivity contribution in [3.8, 4) is 0 Å². The highest BCUT2D eigenvalue weighted by Crippen LogP contribution is 2.40. The maximum atomic E-state index is 4.77. The minimum absolute atomic E-state index is 1.08. The minimum atomic E-state index is 1.08. The van der Waals surface area contributed by atoms with Gasteiger partial charge < -0.3 is 0 Å². The molecule has 0 unspecified atom stereocenters. The fourth-order valence-electron chi connectivity index (χ4n) is 20.8. The van der Waals surface area contributed by atoms with Crippen molar-refractivity contribution < 1.29 is 22.5 Å². The quantitative estimate of drug-likeness (QED) is 0.111. The van der Waals surface area contributed by atoms with Gasteiger partial charge in [0.25, 0.3) is 28.2 Å². The first kappa shape index (κ1) is 77.6. The first-order valence-electron chi connectivity index (χ1n) is 43.2. The molecule has 610 valence electrons. The summed E-state index contributed by atoms with van der Waals surface area (Å²) >= 11 is 0. The summed E-state index contributed by atoms with van der Waals surface area (Å²) in [5.41, 5.74) is 49.2. The van der Waals surface area contributed by atoms with E-state index >= 15 is 0 Å². The zero-order valence-electron chi connectivity index (χ0n) is 74.8. The molecular formula is C110H100N15+5. The van der Waals surface area contributed by atoms with Crippen LogP contribution in [0.4, 0.5) is 0 Å². The van der Waals surface area contributed by atoms with E-state index in [2.05, 4.69) is 396 Å². The molecule has 125 heavy (non-hydrogen) atoms. The molecule has 0 aliphatic rings. The number of benzene rings is 10. The van der Waals surface area contributed by atoms with Crippen molar-refractivity contribution in [3.05, 3.63) is 327 Å². The van der Waals surface area contributed by atoms with E-state index < -0.39 is 0 Å². The predicted octanol–water partition coefficient (Wildman–Crippen LogP) is 22.7.